The number of aromatic nitrogens is 2. The van der Waals surface area contributed by atoms with Gasteiger partial charge in [0.25, 0.3) is 5.91 Å². The van der Waals surface area contributed by atoms with Gasteiger partial charge in [-0.05, 0) is 55.5 Å². The molecule has 0 saturated carbocycles. The van der Waals surface area contributed by atoms with Crippen LogP contribution in [0.25, 0.3) is 0 Å². The minimum atomic E-state index is -0.224. The van der Waals surface area contributed by atoms with E-state index in [1.807, 2.05) is 49.5 Å². The standard InChI is InChI=1S/C27H22ClN5O2/c1-17-30-16-24-25(12-13-29-26(24)31-17)32-20-4-2-6-22(14-20)35-23-7-3-5-21(15-23)33-27(34)18-8-10-19(28)11-9-18/h2-11,14-16H,12-13H2,1H3,(H,33,34)(H,29,30,31). The molecule has 0 bridgehead atoms. The molecule has 0 radical (unpaired) electrons. The minimum Gasteiger partial charge on any atom is -0.457 e. The van der Waals surface area contributed by atoms with E-state index in [-0.39, 0.29) is 5.91 Å². The van der Waals surface area contributed by atoms with Crippen molar-refractivity contribution in [2.45, 2.75) is 13.3 Å². The van der Waals surface area contributed by atoms with Crippen molar-refractivity contribution >= 4 is 40.4 Å². The summed E-state index contributed by atoms with van der Waals surface area (Å²) in [5.74, 6) is 2.55. The fraction of sp³-hybridized carbons (Fsp3) is 0.111. The molecule has 0 aliphatic carbocycles. The van der Waals surface area contributed by atoms with Gasteiger partial charge < -0.3 is 15.4 Å². The number of nitrogens with zero attached hydrogens (tertiary/aromatic N) is 3. The topological polar surface area (TPSA) is 88.5 Å². The molecule has 1 aliphatic heterocycles. The summed E-state index contributed by atoms with van der Waals surface area (Å²) in [6.07, 6.45) is 2.59. The van der Waals surface area contributed by atoms with Gasteiger partial charge in [-0.25, -0.2) is 9.97 Å². The number of fused-ring (bicyclic) bond motifs is 1. The highest BCUT2D eigenvalue weighted by Crippen LogP contribution is 2.29. The zero-order valence-corrected chi connectivity index (χ0v) is 19.7. The Morgan fingerprint density at radius 1 is 1.06 bits per heavy atom. The summed E-state index contributed by atoms with van der Waals surface area (Å²) in [6.45, 7) is 2.64. The number of benzene rings is 3. The summed E-state index contributed by atoms with van der Waals surface area (Å²) in [4.78, 5) is 26.1. The van der Waals surface area contributed by atoms with Crippen molar-refractivity contribution < 1.29 is 9.53 Å². The zero-order chi connectivity index (χ0) is 24.2. The van der Waals surface area contributed by atoms with E-state index in [4.69, 9.17) is 21.3 Å². The molecule has 0 fully saturated rings. The number of amides is 1. The van der Waals surface area contributed by atoms with E-state index >= 15 is 0 Å². The van der Waals surface area contributed by atoms with Crippen LogP contribution in [0.5, 0.6) is 11.5 Å². The van der Waals surface area contributed by atoms with E-state index < -0.39 is 0 Å². The number of ether oxygens (including phenoxy) is 1. The fourth-order valence-corrected chi connectivity index (χ4v) is 3.84. The predicted octanol–water partition coefficient (Wildman–Crippen LogP) is 6.42. The van der Waals surface area contributed by atoms with Crippen LogP contribution < -0.4 is 15.4 Å². The van der Waals surface area contributed by atoms with Gasteiger partial charge in [0.05, 0.1) is 17.0 Å². The SMILES string of the molecule is Cc1ncc2c(n1)NCCC2=Nc1cccc(Oc2cccc(NC(=O)c3ccc(Cl)cc3)c2)c1. The van der Waals surface area contributed by atoms with E-state index in [1.54, 1.807) is 36.4 Å². The van der Waals surface area contributed by atoms with E-state index in [2.05, 4.69) is 20.6 Å². The Morgan fingerprint density at radius 2 is 1.83 bits per heavy atom. The first-order chi connectivity index (χ1) is 17.0. The number of halogens is 1. The van der Waals surface area contributed by atoms with Crippen molar-refractivity contribution in [2.75, 3.05) is 17.2 Å². The van der Waals surface area contributed by atoms with Gasteiger partial charge in [0, 0.05) is 47.6 Å². The first-order valence-electron chi connectivity index (χ1n) is 11.1. The molecule has 1 aromatic heterocycles. The molecule has 0 spiro atoms. The molecule has 2 N–H and O–H groups in total. The molecule has 8 heteroatoms. The van der Waals surface area contributed by atoms with Crippen molar-refractivity contribution in [3.63, 3.8) is 0 Å². The van der Waals surface area contributed by atoms with Crippen LogP contribution in [0.3, 0.4) is 0 Å². The maximum atomic E-state index is 12.5. The monoisotopic (exact) mass is 483 g/mol. The van der Waals surface area contributed by atoms with Crippen LogP contribution in [0.2, 0.25) is 5.02 Å². The van der Waals surface area contributed by atoms with Gasteiger partial charge in [0.1, 0.15) is 23.1 Å². The van der Waals surface area contributed by atoms with Gasteiger partial charge in [-0.15, -0.1) is 0 Å². The average Bonchev–Trinajstić information content (AvgIpc) is 2.85. The summed E-state index contributed by atoms with van der Waals surface area (Å²) in [6, 6.07) is 21.5. The maximum absolute atomic E-state index is 12.5. The van der Waals surface area contributed by atoms with Crippen LogP contribution in [0.15, 0.2) is 84.0 Å². The van der Waals surface area contributed by atoms with Gasteiger partial charge >= 0.3 is 0 Å². The number of aryl methyl sites for hydroxylation is 1. The highest BCUT2D eigenvalue weighted by molar-refractivity contribution is 6.30. The zero-order valence-electron chi connectivity index (χ0n) is 19.0. The fourth-order valence-electron chi connectivity index (χ4n) is 3.72. The van der Waals surface area contributed by atoms with E-state index in [0.717, 1.165) is 41.6 Å². The van der Waals surface area contributed by atoms with Crippen molar-refractivity contribution in [3.05, 3.63) is 101 Å². The number of carbonyl (C=O) groups is 1. The van der Waals surface area contributed by atoms with Gasteiger partial charge in [0.2, 0.25) is 0 Å². The first kappa shape index (κ1) is 22.6. The van der Waals surface area contributed by atoms with Crippen LogP contribution in [0.1, 0.15) is 28.2 Å². The Hall–Kier alpha value is -4.23. The molecular formula is C27H22ClN5O2. The number of aliphatic imine (C=N–C) groups is 1. The molecule has 5 rings (SSSR count). The van der Waals surface area contributed by atoms with E-state index in [9.17, 15) is 4.79 Å². The molecule has 2 heterocycles. The molecule has 35 heavy (non-hydrogen) atoms. The highest BCUT2D eigenvalue weighted by atomic mass is 35.5. The molecule has 7 nitrogen and oxygen atoms in total. The molecule has 1 amide bonds. The van der Waals surface area contributed by atoms with E-state index in [1.165, 1.54) is 0 Å². The Labute approximate surface area is 207 Å². The highest BCUT2D eigenvalue weighted by Gasteiger charge is 2.17. The summed E-state index contributed by atoms with van der Waals surface area (Å²) < 4.78 is 6.06. The summed E-state index contributed by atoms with van der Waals surface area (Å²) in [5.41, 5.74) is 3.77. The Balaban J connectivity index is 1.32. The van der Waals surface area contributed by atoms with Crippen LogP contribution in [-0.4, -0.2) is 28.1 Å². The molecule has 0 saturated heterocycles. The second-order valence-corrected chi connectivity index (χ2v) is 8.44. The quantitative estimate of drug-likeness (QED) is 0.342. The lowest BCUT2D eigenvalue weighted by Gasteiger charge is -2.18. The van der Waals surface area contributed by atoms with Crippen LogP contribution in [0.4, 0.5) is 17.2 Å². The maximum Gasteiger partial charge on any atom is 0.255 e. The largest absolute Gasteiger partial charge is 0.457 e. The average molecular weight is 484 g/mol. The Kier molecular flexibility index (Phi) is 6.41. The van der Waals surface area contributed by atoms with Crippen molar-refractivity contribution in [1.82, 2.24) is 9.97 Å². The summed E-state index contributed by atoms with van der Waals surface area (Å²) in [5, 5.41) is 6.76. The molecule has 3 aromatic carbocycles. The smallest absolute Gasteiger partial charge is 0.255 e. The molecule has 1 aliphatic rings. The molecule has 4 aromatic rings. The second kappa shape index (κ2) is 9.95. The minimum absolute atomic E-state index is 0.224. The lowest BCUT2D eigenvalue weighted by atomic mass is 10.1. The number of nitrogens with one attached hydrogen (secondary N) is 2. The molecule has 0 unspecified atom stereocenters. The van der Waals surface area contributed by atoms with Gasteiger partial charge in [-0.3, -0.25) is 9.79 Å². The number of rotatable bonds is 5. The normalized spacial score (nSPS) is 13.6. The molecular weight excluding hydrogens is 462 g/mol. The van der Waals surface area contributed by atoms with E-state index in [0.29, 0.717) is 27.8 Å². The van der Waals surface area contributed by atoms with Gasteiger partial charge in [0.15, 0.2) is 0 Å². The van der Waals surface area contributed by atoms with Crippen molar-refractivity contribution in [2.24, 2.45) is 4.99 Å². The molecule has 0 atom stereocenters. The third kappa shape index (κ3) is 5.47. The lowest BCUT2D eigenvalue weighted by Crippen LogP contribution is -2.20. The van der Waals surface area contributed by atoms with Crippen LogP contribution in [0, 0.1) is 6.92 Å². The summed E-state index contributed by atoms with van der Waals surface area (Å²) >= 11 is 5.90. The third-order valence-corrected chi connectivity index (χ3v) is 5.64. The van der Waals surface area contributed by atoms with Crippen molar-refractivity contribution in [1.29, 1.82) is 0 Å². The number of hydrogen-bond donors (Lipinski definition) is 2. The van der Waals surface area contributed by atoms with Crippen LogP contribution >= 0.6 is 11.6 Å². The summed E-state index contributed by atoms with van der Waals surface area (Å²) in [7, 11) is 0. The van der Waals surface area contributed by atoms with Crippen molar-refractivity contribution in [3.8, 4) is 11.5 Å². The molecule has 174 valence electrons. The Morgan fingerprint density at radius 3 is 2.66 bits per heavy atom. The van der Waals surface area contributed by atoms with Gasteiger partial charge in [-0.2, -0.15) is 0 Å². The van der Waals surface area contributed by atoms with Crippen LogP contribution in [-0.2, 0) is 0 Å². The predicted molar refractivity (Wildman–Crippen MR) is 138 cm³/mol. The second-order valence-electron chi connectivity index (χ2n) is 8.00. The number of anilines is 2. The lowest BCUT2D eigenvalue weighted by molar-refractivity contribution is 0.102. The Bertz CT molecular complexity index is 1420. The van der Waals surface area contributed by atoms with Gasteiger partial charge in [-0.1, -0.05) is 23.7 Å². The number of carbonyl (C=O) groups excluding carboxylic acids is 1. The third-order valence-electron chi connectivity index (χ3n) is 5.39. The first-order valence-corrected chi connectivity index (χ1v) is 11.5. The number of hydrogen-bond acceptors (Lipinski definition) is 6.